The first kappa shape index (κ1) is 32.7. The number of anilines is 3. The van der Waals surface area contributed by atoms with Crippen molar-refractivity contribution in [2.24, 2.45) is 9.98 Å². The van der Waals surface area contributed by atoms with Crippen LogP contribution in [0.5, 0.6) is 0 Å². The number of nitrogens with zero attached hydrogens (tertiary/aromatic N) is 4. The van der Waals surface area contributed by atoms with Crippen LogP contribution in [0.3, 0.4) is 0 Å². The summed E-state index contributed by atoms with van der Waals surface area (Å²) < 4.78 is 8.99. The van der Waals surface area contributed by atoms with Gasteiger partial charge in [0.15, 0.2) is 0 Å². The van der Waals surface area contributed by atoms with E-state index < -0.39 is 0 Å². The molecule has 10 aromatic rings. The molecule has 0 fully saturated rings. The van der Waals surface area contributed by atoms with E-state index >= 15 is 0 Å². The normalized spacial score (nSPS) is 14.1. The number of hydrogen-bond acceptors (Lipinski definition) is 5. The molecule has 6 nitrogen and oxygen atoms in total. The number of fused-ring (bicyclic) bond motifs is 6. The summed E-state index contributed by atoms with van der Waals surface area (Å²) in [6.45, 7) is 0. The summed E-state index contributed by atoms with van der Waals surface area (Å²) >= 11 is 0. The van der Waals surface area contributed by atoms with Gasteiger partial charge in [0.2, 0.25) is 5.96 Å². The summed E-state index contributed by atoms with van der Waals surface area (Å²) in [6, 6.07) is 69.7. The molecule has 0 saturated carbocycles. The SMILES string of the molecule is c1ccc(C2N=C(n3c4ccccc4c4ccccc43)N=C(c3ccc(-c4ccc(N(c5ccccc5)c5ccccc5)cc4)c4c3oc3ccccc34)N2)cc1. The van der Waals surface area contributed by atoms with Gasteiger partial charge < -0.3 is 14.6 Å². The fraction of sp³-hybridized carbons (Fsp3) is 0.0196. The van der Waals surface area contributed by atoms with Crippen LogP contribution in [0.2, 0.25) is 0 Å². The van der Waals surface area contributed by atoms with Crippen LogP contribution in [0.4, 0.5) is 17.1 Å². The monoisotopic (exact) mass is 733 g/mol. The Morgan fingerprint density at radius 3 is 1.67 bits per heavy atom. The minimum Gasteiger partial charge on any atom is -0.455 e. The van der Waals surface area contributed by atoms with Gasteiger partial charge in [0, 0.05) is 38.6 Å². The molecule has 3 heterocycles. The van der Waals surface area contributed by atoms with E-state index in [1.54, 1.807) is 0 Å². The zero-order chi connectivity index (χ0) is 37.7. The lowest BCUT2D eigenvalue weighted by Gasteiger charge is -2.25. The molecule has 1 atom stereocenters. The van der Waals surface area contributed by atoms with Crippen LogP contribution in [0.25, 0.3) is 54.9 Å². The van der Waals surface area contributed by atoms with Crippen molar-refractivity contribution < 1.29 is 4.42 Å². The fourth-order valence-corrected chi connectivity index (χ4v) is 8.26. The molecule has 0 aliphatic carbocycles. The standard InChI is InChI=1S/C51H35N5O/c1-4-16-35(17-5-1)49-52-50(54-51(53-49)56-44-25-13-10-22-40(44)41-23-11-14-26-45(41)56)43-33-32-39(47-42-24-12-15-27-46(42)57-48(43)47)34-28-30-38(31-29-34)55(36-18-6-2-7-19-36)37-20-8-3-9-21-37/h1-33,49H,(H,52,53,54). The van der Waals surface area contributed by atoms with Crippen LogP contribution in [0.15, 0.2) is 215 Å². The predicted molar refractivity (Wildman–Crippen MR) is 235 cm³/mol. The molecule has 0 saturated heterocycles. The molecule has 57 heavy (non-hydrogen) atoms. The first-order valence-corrected chi connectivity index (χ1v) is 19.2. The number of benzene rings is 8. The number of hydrogen-bond donors (Lipinski definition) is 1. The van der Waals surface area contributed by atoms with E-state index in [0.29, 0.717) is 11.8 Å². The summed E-state index contributed by atoms with van der Waals surface area (Å²) in [5, 5.41) is 8.12. The van der Waals surface area contributed by atoms with Crippen LogP contribution < -0.4 is 10.2 Å². The van der Waals surface area contributed by atoms with Crippen molar-refractivity contribution in [2.45, 2.75) is 6.17 Å². The molecular weight excluding hydrogens is 699 g/mol. The number of aromatic nitrogens is 1. The van der Waals surface area contributed by atoms with E-state index in [-0.39, 0.29) is 6.17 Å². The van der Waals surface area contributed by atoms with Gasteiger partial charge >= 0.3 is 0 Å². The summed E-state index contributed by atoms with van der Waals surface area (Å²) in [5.74, 6) is 1.31. The average molecular weight is 734 g/mol. The van der Waals surface area contributed by atoms with Crippen LogP contribution in [-0.4, -0.2) is 16.4 Å². The van der Waals surface area contributed by atoms with Crippen molar-refractivity contribution in [3.8, 4) is 11.1 Å². The lowest BCUT2D eigenvalue weighted by Crippen LogP contribution is -2.35. The van der Waals surface area contributed by atoms with Crippen LogP contribution in [0.1, 0.15) is 17.3 Å². The number of aliphatic imine (C=N–C) groups is 2. The molecule has 11 rings (SSSR count). The van der Waals surface area contributed by atoms with Crippen molar-refractivity contribution in [1.29, 1.82) is 0 Å². The second-order valence-electron chi connectivity index (χ2n) is 14.2. The number of nitrogens with one attached hydrogen (secondary N) is 1. The molecule has 0 bridgehead atoms. The highest BCUT2D eigenvalue weighted by atomic mass is 16.3. The van der Waals surface area contributed by atoms with Crippen molar-refractivity contribution in [1.82, 2.24) is 9.88 Å². The molecule has 8 aromatic carbocycles. The maximum Gasteiger partial charge on any atom is 0.234 e. The smallest absolute Gasteiger partial charge is 0.234 e. The molecule has 1 unspecified atom stereocenters. The van der Waals surface area contributed by atoms with Crippen molar-refractivity contribution in [2.75, 3.05) is 4.90 Å². The minimum atomic E-state index is -0.377. The zero-order valence-electron chi connectivity index (χ0n) is 30.8. The Morgan fingerprint density at radius 2 is 1.02 bits per heavy atom. The average Bonchev–Trinajstić information content (AvgIpc) is 3.84. The van der Waals surface area contributed by atoms with Crippen molar-refractivity contribution >= 4 is 72.6 Å². The molecule has 1 aliphatic heterocycles. The van der Waals surface area contributed by atoms with Crippen LogP contribution in [-0.2, 0) is 0 Å². The molecule has 2 aromatic heterocycles. The Balaban J connectivity index is 1.08. The minimum absolute atomic E-state index is 0.377. The highest BCUT2D eigenvalue weighted by Crippen LogP contribution is 2.41. The number of amidine groups is 1. The number of para-hydroxylation sites is 5. The lowest BCUT2D eigenvalue weighted by atomic mass is 9.96. The van der Waals surface area contributed by atoms with E-state index in [9.17, 15) is 0 Å². The van der Waals surface area contributed by atoms with Gasteiger partial charge in [-0.1, -0.05) is 140 Å². The molecule has 1 aliphatic rings. The van der Waals surface area contributed by atoms with Gasteiger partial charge in [-0.25, -0.2) is 4.99 Å². The van der Waals surface area contributed by atoms with Crippen LogP contribution >= 0.6 is 0 Å². The van der Waals surface area contributed by atoms with Crippen molar-refractivity contribution in [3.05, 3.63) is 211 Å². The molecule has 0 amide bonds. The van der Waals surface area contributed by atoms with Crippen molar-refractivity contribution in [3.63, 3.8) is 0 Å². The summed E-state index contributed by atoms with van der Waals surface area (Å²) in [6.07, 6.45) is -0.377. The Morgan fingerprint density at radius 1 is 0.491 bits per heavy atom. The third-order valence-corrected chi connectivity index (χ3v) is 10.9. The Labute approximate surface area is 329 Å². The maximum atomic E-state index is 6.81. The molecule has 270 valence electrons. The Hall–Kier alpha value is -7.70. The largest absolute Gasteiger partial charge is 0.455 e. The van der Waals surface area contributed by atoms with E-state index in [1.807, 2.05) is 30.3 Å². The lowest BCUT2D eigenvalue weighted by molar-refractivity contribution is 0.657. The molecule has 0 radical (unpaired) electrons. The highest BCUT2D eigenvalue weighted by Gasteiger charge is 2.27. The maximum absolute atomic E-state index is 6.81. The number of rotatable bonds is 6. The Bertz CT molecular complexity index is 3050. The summed E-state index contributed by atoms with van der Waals surface area (Å²) in [4.78, 5) is 12.9. The van der Waals surface area contributed by atoms with E-state index in [1.165, 1.54) is 0 Å². The Kier molecular flexibility index (Phi) is 7.78. The number of furan rings is 1. The third kappa shape index (κ3) is 5.57. The van der Waals surface area contributed by atoms with E-state index in [4.69, 9.17) is 14.4 Å². The first-order chi connectivity index (χ1) is 28.3. The van der Waals surface area contributed by atoms with Gasteiger partial charge in [0.1, 0.15) is 23.2 Å². The topological polar surface area (TPSA) is 58.1 Å². The van der Waals surface area contributed by atoms with Gasteiger partial charge in [0.25, 0.3) is 0 Å². The third-order valence-electron chi connectivity index (χ3n) is 10.9. The van der Waals surface area contributed by atoms with Gasteiger partial charge in [-0.2, -0.15) is 4.99 Å². The van der Waals surface area contributed by atoms with Gasteiger partial charge in [-0.05, 0) is 77.4 Å². The second-order valence-corrected chi connectivity index (χ2v) is 14.2. The first-order valence-electron chi connectivity index (χ1n) is 19.2. The fourth-order valence-electron chi connectivity index (χ4n) is 8.26. The quantitative estimate of drug-likeness (QED) is 0.185. The molecule has 6 heteroatoms. The summed E-state index contributed by atoms with van der Waals surface area (Å²) in [5.41, 5.74) is 11.1. The molecule has 1 N–H and O–H groups in total. The van der Waals surface area contributed by atoms with E-state index in [0.717, 1.165) is 83.1 Å². The molecular formula is C51H35N5O. The zero-order valence-corrected chi connectivity index (χ0v) is 30.8. The second kappa shape index (κ2) is 13.6. The van der Waals surface area contributed by atoms with Gasteiger partial charge in [0.05, 0.1) is 16.6 Å². The van der Waals surface area contributed by atoms with E-state index in [2.05, 4.69) is 185 Å². The summed E-state index contributed by atoms with van der Waals surface area (Å²) in [7, 11) is 0. The molecule has 0 spiro atoms. The highest BCUT2D eigenvalue weighted by molar-refractivity contribution is 6.22. The predicted octanol–water partition coefficient (Wildman–Crippen LogP) is 12.8. The van der Waals surface area contributed by atoms with Gasteiger partial charge in [-0.3, -0.25) is 4.57 Å². The van der Waals surface area contributed by atoms with Crippen LogP contribution in [0, 0.1) is 0 Å². The van der Waals surface area contributed by atoms with Gasteiger partial charge in [-0.15, -0.1) is 0 Å².